The molecule has 1 atom stereocenters. The molecule has 0 N–H and O–H groups in total. The Balaban J connectivity index is 2.09. The van der Waals surface area contributed by atoms with Gasteiger partial charge >= 0.3 is 6.18 Å². The summed E-state index contributed by atoms with van der Waals surface area (Å²) in [5.41, 5.74) is 0.179. The zero-order valence-electron chi connectivity index (χ0n) is 15.6. The minimum absolute atomic E-state index is 0.156. The fraction of sp³-hybridized carbons (Fsp3) is 0.300. The number of halogens is 3. The molecule has 1 unspecified atom stereocenters. The highest BCUT2D eigenvalue weighted by atomic mass is 19.4. The standard InChI is InChI=1S/C20H20F3NO4/c1-13(25)17(15-7-8-18(26-2)19(10-15)27-3)11-24-28-12-14-5-4-6-16(9-14)20(21,22)23/h4-11,17H,12H2,1-3H3. The summed E-state index contributed by atoms with van der Waals surface area (Å²) in [5.74, 6) is 0.107. The highest BCUT2D eigenvalue weighted by molar-refractivity contribution is 5.99. The number of oxime groups is 1. The van der Waals surface area contributed by atoms with Gasteiger partial charge in [0.2, 0.25) is 0 Å². The van der Waals surface area contributed by atoms with Crippen molar-refractivity contribution in [2.45, 2.75) is 25.6 Å². The topological polar surface area (TPSA) is 57.1 Å². The van der Waals surface area contributed by atoms with Crippen LogP contribution in [0.25, 0.3) is 0 Å². The Kier molecular flexibility index (Phi) is 7.03. The molecule has 5 nitrogen and oxygen atoms in total. The summed E-state index contributed by atoms with van der Waals surface area (Å²) < 4.78 is 48.6. The van der Waals surface area contributed by atoms with Gasteiger partial charge in [0.05, 0.1) is 31.9 Å². The van der Waals surface area contributed by atoms with Crippen LogP contribution in [0.5, 0.6) is 11.5 Å². The Morgan fingerprint density at radius 3 is 2.43 bits per heavy atom. The first-order valence-corrected chi connectivity index (χ1v) is 8.30. The number of alkyl halides is 3. The van der Waals surface area contributed by atoms with Crippen LogP contribution >= 0.6 is 0 Å². The number of Topliss-reactive ketones (excluding diaryl/α,β-unsaturated/α-hetero) is 1. The fourth-order valence-electron chi connectivity index (χ4n) is 2.53. The number of ketones is 1. The predicted octanol–water partition coefficient (Wildman–Crippen LogP) is 4.60. The average molecular weight is 395 g/mol. The summed E-state index contributed by atoms with van der Waals surface area (Å²) in [5, 5.41) is 3.76. The molecule has 0 fully saturated rings. The average Bonchev–Trinajstić information content (AvgIpc) is 2.66. The maximum atomic E-state index is 12.7. The van der Waals surface area contributed by atoms with Gasteiger partial charge in [0, 0.05) is 0 Å². The SMILES string of the molecule is COc1ccc(C(C=NOCc2cccc(C(F)(F)F)c2)C(C)=O)cc1OC. The highest BCUT2D eigenvalue weighted by Crippen LogP contribution is 2.31. The second-order valence-corrected chi connectivity index (χ2v) is 5.93. The molecule has 0 heterocycles. The van der Waals surface area contributed by atoms with Crippen molar-refractivity contribution in [1.29, 1.82) is 0 Å². The van der Waals surface area contributed by atoms with Gasteiger partial charge in [-0.2, -0.15) is 13.2 Å². The van der Waals surface area contributed by atoms with Crippen LogP contribution in [0, 0.1) is 0 Å². The van der Waals surface area contributed by atoms with E-state index in [1.165, 1.54) is 39.5 Å². The van der Waals surface area contributed by atoms with E-state index in [0.29, 0.717) is 22.6 Å². The summed E-state index contributed by atoms with van der Waals surface area (Å²) in [6.45, 7) is 1.25. The molecule has 0 spiro atoms. The van der Waals surface area contributed by atoms with Crippen molar-refractivity contribution in [2.24, 2.45) is 5.16 Å². The number of methoxy groups -OCH3 is 2. The van der Waals surface area contributed by atoms with E-state index in [1.54, 1.807) is 18.2 Å². The Morgan fingerprint density at radius 1 is 1.11 bits per heavy atom. The Bertz CT molecular complexity index is 850. The minimum atomic E-state index is -4.42. The Hall–Kier alpha value is -3.03. The molecule has 2 aromatic rings. The predicted molar refractivity (Wildman–Crippen MR) is 97.7 cm³/mol. The van der Waals surface area contributed by atoms with Gasteiger partial charge in [-0.05, 0) is 42.3 Å². The van der Waals surface area contributed by atoms with Crippen LogP contribution in [0.2, 0.25) is 0 Å². The fourth-order valence-corrected chi connectivity index (χ4v) is 2.53. The first kappa shape index (κ1) is 21.3. The minimum Gasteiger partial charge on any atom is -0.493 e. The van der Waals surface area contributed by atoms with E-state index < -0.39 is 17.7 Å². The number of rotatable bonds is 8. The van der Waals surface area contributed by atoms with Gasteiger partial charge in [-0.1, -0.05) is 23.4 Å². The van der Waals surface area contributed by atoms with Crippen LogP contribution in [0.1, 0.15) is 29.5 Å². The third kappa shape index (κ3) is 5.48. The molecule has 0 aliphatic rings. The number of nitrogens with zero attached hydrogens (tertiary/aromatic N) is 1. The number of hydrogen-bond acceptors (Lipinski definition) is 5. The van der Waals surface area contributed by atoms with E-state index in [2.05, 4.69) is 5.16 Å². The number of benzene rings is 2. The summed E-state index contributed by atoms with van der Waals surface area (Å²) in [6, 6.07) is 9.80. The van der Waals surface area contributed by atoms with Crippen LogP contribution in [0.4, 0.5) is 13.2 Å². The zero-order chi connectivity index (χ0) is 20.7. The second-order valence-electron chi connectivity index (χ2n) is 5.93. The van der Waals surface area contributed by atoms with Crippen molar-refractivity contribution < 1.29 is 32.3 Å². The molecule has 0 amide bonds. The molecule has 0 bridgehead atoms. The lowest BCUT2D eigenvalue weighted by atomic mass is 9.96. The number of hydrogen-bond donors (Lipinski definition) is 0. The molecule has 2 rings (SSSR count). The quantitative estimate of drug-likeness (QED) is 0.484. The van der Waals surface area contributed by atoms with Gasteiger partial charge in [0.25, 0.3) is 0 Å². The lowest BCUT2D eigenvalue weighted by Gasteiger charge is -2.13. The van der Waals surface area contributed by atoms with Crippen LogP contribution < -0.4 is 9.47 Å². The van der Waals surface area contributed by atoms with E-state index >= 15 is 0 Å². The molecule has 2 aromatic carbocycles. The monoisotopic (exact) mass is 395 g/mol. The van der Waals surface area contributed by atoms with Gasteiger partial charge in [-0.15, -0.1) is 0 Å². The first-order chi connectivity index (χ1) is 13.3. The second kappa shape index (κ2) is 9.25. The van der Waals surface area contributed by atoms with Crippen molar-refractivity contribution in [1.82, 2.24) is 0 Å². The smallest absolute Gasteiger partial charge is 0.416 e. The number of ether oxygens (including phenoxy) is 2. The van der Waals surface area contributed by atoms with Crippen molar-refractivity contribution in [3.63, 3.8) is 0 Å². The summed E-state index contributed by atoms with van der Waals surface area (Å²) in [6.07, 6.45) is -3.12. The number of carbonyl (C=O) groups excluding carboxylic acids is 1. The van der Waals surface area contributed by atoms with Crippen molar-refractivity contribution in [3.05, 3.63) is 59.2 Å². The van der Waals surface area contributed by atoms with Crippen molar-refractivity contribution in [3.8, 4) is 11.5 Å². The molecule has 0 saturated carbocycles. The van der Waals surface area contributed by atoms with Gasteiger partial charge in [0.1, 0.15) is 12.4 Å². The van der Waals surface area contributed by atoms with Crippen LogP contribution in [0.15, 0.2) is 47.6 Å². The Morgan fingerprint density at radius 2 is 1.82 bits per heavy atom. The van der Waals surface area contributed by atoms with E-state index in [4.69, 9.17) is 14.3 Å². The van der Waals surface area contributed by atoms with Gasteiger partial charge in [-0.25, -0.2) is 0 Å². The van der Waals surface area contributed by atoms with Crippen molar-refractivity contribution in [2.75, 3.05) is 14.2 Å². The lowest BCUT2D eigenvalue weighted by molar-refractivity contribution is -0.137. The molecular weight excluding hydrogens is 375 g/mol. The highest BCUT2D eigenvalue weighted by Gasteiger charge is 2.30. The summed E-state index contributed by atoms with van der Waals surface area (Å²) in [7, 11) is 2.99. The molecule has 0 aliphatic carbocycles. The van der Waals surface area contributed by atoms with Gasteiger partial charge in [0.15, 0.2) is 11.5 Å². The normalized spacial score (nSPS) is 12.6. The molecule has 28 heavy (non-hydrogen) atoms. The van der Waals surface area contributed by atoms with E-state index in [9.17, 15) is 18.0 Å². The largest absolute Gasteiger partial charge is 0.493 e. The van der Waals surface area contributed by atoms with E-state index in [1.807, 2.05) is 0 Å². The molecule has 0 aliphatic heterocycles. The Labute approximate surface area is 160 Å². The summed E-state index contributed by atoms with van der Waals surface area (Å²) >= 11 is 0. The van der Waals surface area contributed by atoms with Crippen LogP contribution in [0.3, 0.4) is 0 Å². The number of carbonyl (C=O) groups is 1. The van der Waals surface area contributed by atoms with Crippen LogP contribution in [-0.4, -0.2) is 26.2 Å². The van der Waals surface area contributed by atoms with Crippen molar-refractivity contribution >= 4 is 12.0 Å². The van der Waals surface area contributed by atoms with E-state index in [-0.39, 0.29) is 12.4 Å². The van der Waals surface area contributed by atoms with E-state index in [0.717, 1.165) is 12.1 Å². The summed E-state index contributed by atoms with van der Waals surface area (Å²) in [4.78, 5) is 17.1. The molecule has 0 saturated heterocycles. The maximum Gasteiger partial charge on any atom is 0.416 e. The third-order valence-corrected chi connectivity index (χ3v) is 3.97. The molecule has 150 valence electrons. The molecule has 0 radical (unpaired) electrons. The molecule has 0 aromatic heterocycles. The maximum absolute atomic E-state index is 12.7. The van der Waals surface area contributed by atoms with Crippen LogP contribution in [-0.2, 0) is 22.4 Å². The third-order valence-electron chi connectivity index (χ3n) is 3.97. The lowest BCUT2D eigenvalue weighted by Crippen LogP contribution is -2.11. The van der Waals surface area contributed by atoms with Gasteiger partial charge in [-0.3, -0.25) is 4.79 Å². The molecule has 8 heteroatoms. The van der Waals surface area contributed by atoms with Gasteiger partial charge < -0.3 is 14.3 Å². The first-order valence-electron chi connectivity index (χ1n) is 8.30. The zero-order valence-corrected chi connectivity index (χ0v) is 15.6. The molecular formula is C20H20F3NO4.